The van der Waals surface area contributed by atoms with Gasteiger partial charge in [-0.1, -0.05) is 12.1 Å². The number of nitrogens with zero attached hydrogens (tertiary/aromatic N) is 2. The number of nitrogens with one attached hydrogen (secondary N) is 2. The third-order valence-electron chi connectivity index (χ3n) is 5.00. The highest BCUT2D eigenvalue weighted by atomic mass is 127. The maximum atomic E-state index is 6.11. The van der Waals surface area contributed by atoms with Crippen LogP contribution >= 0.6 is 24.0 Å². The maximum absolute atomic E-state index is 6.11. The van der Waals surface area contributed by atoms with Gasteiger partial charge in [0.2, 0.25) is 12.7 Å². The Balaban J connectivity index is 0.00000240. The van der Waals surface area contributed by atoms with Crippen LogP contribution in [0, 0.1) is 0 Å². The first kappa shape index (κ1) is 21.5. The first-order chi connectivity index (χ1) is 13.8. The number of aliphatic imine (C=N–C) groups is 1. The van der Waals surface area contributed by atoms with Crippen LogP contribution < -0.4 is 24.8 Å². The second kappa shape index (κ2) is 10.5. The standard InChI is InChI=1S/C21H26N4O3.HI/c1-22-21(24-12-15-8-9-18-19(11-15)27-14-26-18)25-13-16-5-4-10-23-20(16)28-17-6-2-3-7-17;/h4-5,8-11,17H,2-3,6-7,12-14H2,1H3,(H2,22,24,25);1H. The largest absolute Gasteiger partial charge is 0.474 e. The van der Waals surface area contributed by atoms with E-state index in [1.54, 1.807) is 13.2 Å². The summed E-state index contributed by atoms with van der Waals surface area (Å²) in [6.07, 6.45) is 6.77. The van der Waals surface area contributed by atoms with Gasteiger partial charge in [0.1, 0.15) is 6.10 Å². The van der Waals surface area contributed by atoms with Gasteiger partial charge < -0.3 is 24.8 Å². The van der Waals surface area contributed by atoms with Crippen molar-refractivity contribution in [3.05, 3.63) is 47.7 Å². The number of benzene rings is 1. The fraction of sp³-hybridized carbons (Fsp3) is 0.429. The molecule has 156 valence electrons. The van der Waals surface area contributed by atoms with Crippen molar-refractivity contribution in [3.63, 3.8) is 0 Å². The predicted molar refractivity (Wildman–Crippen MR) is 122 cm³/mol. The van der Waals surface area contributed by atoms with Gasteiger partial charge in [-0.15, -0.1) is 24.0 Å². The molecule has 1 aromatic heterocycles. The Morgan fingerprint density at radius 3 is 2.76 bits per heavy atom. The maximum Gasteiger partial charge on any atom is 0.231 e. The summed E-state index contributed by atoms with van der Waals surface area (Å²) in [6, 6.07) is 9.90. The zero-order chi connectivity index (χ0) is 19.2. The van der Waals surface area contributed by atoms with Gasteiger partial charge in [0.05, 0.1) is 0 Å². The Morgan fingerprint density at radius 1 is 1.14 bits per heavy atom. The molecular formula is C21H27IN4O3. The Bertz CT molecular complexity index is 840. The molecule has 2 heterocycles. The summed E-state index contributed by atoms with van der Waals surface area (Å²) >= 11 is 0. The van der Waals surface area contributed by atoms with Gasteiger partial charge >= 0.3 is 0 Å². The first-order valence-corrected chi connectivity index (χ1v) is 9.75. The van der Waals surface area contributed by atoms with Crippen molar-refractivity contribution in [1.82, 2.24) is 15.6 Å². The van der Waals surface area contributed by atoms with Crippen LogP contribution in [0.1, 0.15) is 36.8 Å². The van der Waals surface area contributed by atoms with Gasteiger partial charge in [-0.3, -0.25) is 4.99 Å². The molecule has 7 nitrogen and oxygen atoms in total. The molecular weight excluding hydrogens is 483 g/mol. The molecule has 0 bridgehead atoms. The van der Waals surface area contributed by atoms with E-state index in [0.717, 1.165) is 35.5 Å². The lowest BCUT2D eigenvalue weighted by molar-refractivity contribution is 0.174. The highest BCUT2D eigenvalue weighted by Gasteiger charge is 2.18. The van der Waals surface area contributed by atoms with E-state index < -0.39 is 0 Å². The van der Waals surface area contributed by atoms with Gasteiger partial charge in [0, 0.05) is 31.9 Å². The van der Waals surface area contributed by atoms with Crippen molar-refractivity contribution >= 4 is 29.9 Å². The Kier molecular flexibility index (Phi) is 7.79. The lowest BCUT2D eigenvalue weighted by atomic mass is 10.2. The Hall–Kier alpha value is -2.23. The molecule has 2 aliphatic rings. The van der Waals surface area contributed by atoms with E-state index in [-0.39, 0.29) is 36.9 Å². The van der Waals surface area contributed by atoms with E-state index in [1.165, 1.54) is 12.8 Å². The minimum absolute atomic E-state index is 0. The van der Waals surface area contributed by atoms with Crippen LogP contribution in [0.4, 0.5) is 0 Å². The van der Waals surface area contributed by atoms with Crippen LogP contribution in [0.25, 0.3) is 0 Å². The highest BCUT2D eigenvalue weighted by Crippen LogP contribution is 2.32. The fourth-order valence-electron chi connectivity index (χ4n) is 3.47. The summed E-state index contributed by atoms with van der Waals surface area (Å²) in [7, 11) is 1.76. The molecule has 0 radical (unpaired) electrons. The number of ether oxygens (including phenoxy) is 3. The van der Waals surface area contributed by atoms with Gasteiger partial charge in [-0.05, 0) is 49.4 Å². The molecule has 0 saturated heterocycles. The van der Waals surface area contributed by atoms with E-state index in [2.05, 4.69) is 20.6 Å². The average Bonchev–Trinajstić information content (AvgIpc) is 3.40. The van der Waals surface area contributed by atoms with Crippen LogP contribution in [0.5, 0.6) is 17.4 Å². The quantitative estimate of drug-likeness (QED) is 0.352. The van der Waals surface area contributed by atoms with Gasteiger partial charge in [0.15, 0.2) is 17.5 Å². The smallest absolute Gasteiger partial charge is 0.231 e. The van der Waals surface area contributed by atoms with E-state index in [4.69, 9.17) is 14.2 Å². The molecule has 1 aliphatic heterocycles. The molecule has 0 unspecified atom stereocenters. The zero-order valence-electron chi connectivity index (χ0n) is 16.5. The van der Waals surface area contributed by atoms with Crippen molar-refractivity contribution < 1.29 is 14.2 Å². The topological polar surface area (TPSA) is 77.0 Å². The summed E-state index contributed by atoms with van der Waals surface area (Å²) in [5.41, 5.74) is 2.12. The van der Waals surface area contributed by atoms with Crippen molar-refractivity contribution in [2.24, 2.45) is 4.99 Å². The number of hydrogen-bond acceptors (Lipinski definition) is 5. The normalized spacial score (nSPS) is 15.7. The third-order valence-corrected chi connectivity index (χ3v) is 5.00. The van der Waals surface area contributed by atoms with E-state index in [0.29, 0.717) is 24.9 Å². The van der Waals surface area contributed by atoms with Gasteiger partial charge in [-0.25, -0.2) is 4.98 Å². The molecule has 2 aromatic rings. The molecule has 2 N–H and O–H groups in total. The summed E-state index contributed by atoms with van der Waals surface area (Å²) in [6.45, 7) is 1.51. The predicted octanol–water partition coefficient (Wildman–Crippen LogP) is 3.61. The Morgan fingerprint density at radius 2 is 1.93 bits per heavy atom. The minimum atomic E-state index is 0. The van der Waals surface area contributed by atoms with Crippen LogP contribution in [0.15, 0.2) is 41.5 Å². The number of pyridine rings is 1. The molecule has 0 spiro atoms. The minimum Gasteiger partial charge on any atom is -0.474 e. The number of halogens is 1. The number of guanidine groups is 1. The highest BCUT2D eigenvalue weighted by molar-refractivity contribution is 14.0. The average molecular weight is 510 g/mol. The number of rotatable bonds is 6. The van der Waals surface area contributed by atoms with Gasteiger partial charge in [-0.2, -0.15) is 0 Å². The molecule has 1 saturated carbocycles. The molecule has 1 aromatic carbocycles. The molecule has 4 rings (SSSR count). The summed E-state index contributed by atoms with van der Waals surface area (Å²) in [4.78, 5) is 8.73. The Labute approximate surface area is 188 Å². The zero-order valence-corrected chi connectivity index (χ0v) is 18.8. The lowest BCUT2D eigenvalue weighted by Crippen LogP contribution is -2.36. The second-order valence-corrected chi connectivity index (χ2v) is 6.96. The molecule has 0 amide bonds. The summed E-state index contributed by atoms with van der Waals surface area (Å²) < 4.78 is 16.9. The number of fused-ring (bicyclic) bond motifs is 1. The van der Waals surface area contributed by atoms with Crippen molar-refractivity contribution in [3.8, 4) is 17.4 Å². The van der Waals surface area contributed by atoms with E-state index >= 15 is 0 Å². The van der Waals surface area contributed by atoms with Crippen LogP contribution in [0.2, 0.25) is 0 Å². The van der Waals surface area contributed by atoms with Crippen molar-refractivity contribution in [1.29, 1.82) is 0 Å². The summed E-state index contributed by atoms with van der Waals surface area (Å²) in [5, 5.41) is 6.66. The SMILES string of the molecule is CN=C(NCc1ccc2c(c1)OCO2)NCc1cccnc1OC1CCCC1.I. The molecule has 1 fully saturated rings. The monoisotopic (exact) mass is 510 g/mol. The van der Waals surface area contributed by atoms with Crippen LogP contribution in [-0.4, -0.2) is 30.9 Å². The van der Waals surface area contributed by atoms with E-state index in [9.17, 15) is 0 Å². The third kappa shape index (κ3) is 5.65. The number of hydrogen-bond donors (Lipinski definition) is 2. The van der Waals surface area contributed by atoms with Crippen molar-refractivity contribution in [2.75, 3.05) is 13.8 Å². The van der Waals surface area contributed by atoms with Crippen LogP contribution in [0.3, 0.4) is 0 Å². The fourth-order valence-corrected chi connectivity index (χ4v) is 3.47. The van der Waals surface area contributed by atoms with Crippen molar-refractivity contribution in [2.45, 2.75) is 44.9 Å². The second-order valence-electron chi connectivity index (χ2n) is 6.96. The molecule has 29 heavy (non-hydrogen) atoms. The van der Waals surface area contributed by atoms with Gasteiger partial charge in [0.25, 0.3) is 0 Å². The first-order valence-electron chi connectivity index (χ1n) is 9.75. The lowest BCUT2D eigenvalue weighted by Gasteiger charge is -2.17. The number of aromatic nitrogens is 1. The molecule has 1 aliphatic carbocycles. The molecule has 8 heteroatoms. The van der Waals surface area contributed by atoms with E-state index in [1.807, 2.05) is 30.3 Å². The molecule has 0 atom stereocenters. The van der Waals surface area contributed by atoms with Crippen LogP contribution in [-0.2, 0) is 13.1 Å². The summed E-state index contributed by atoms with van der Waals surface area (Å²) in [5.74, 6) is 3.00.